The maximum absolute atomic E-state index is 13.9. The van der Waals surface area contributed by atoms with Crippen molar-refractivity contribution in [2.24, 2.45) is 0 Å². The fourth-order valence-electron chi connectivity index (χ4n) is 3.45. The minimum absolute atomic E-state index is 0.115. The van der Waals surface area contributed by atoms with Crippen molar-refractivity contribution >= 4 is 11.6 Å². The lowest BCUT2D eigenvalue weighted by molar-refractivity contribution is -0.885. The third-order valence-electron chi connectivity index (χ3n) is 5.02. The Bertz CT molecular complexity index is 1040. The van der Waals surface area contributed by atoms with Crippen LogP contribution in [0.15, 0.2) is 42.5 Å². The van der Waals surface area contributed by atoms with Crippen LogP contribution in [0, 0.1) is 26.6 Å². The molecule has 1 aromatic heterocycles. The van der Waals surface area contributed by atoms with Crippen LogP contribution in [0.5, 0.6) is 5.75 Å². The van der Waals surface area contributed by atoms with E-state index in [0.717, 1.165) is 33.2 Å². The maximum Gasteiger partial charge on any atom is 0.279 e. The number of anilines is 1. The molecule has 0 spiro atoms. The monoisotopic (exact) mass is 411 g/mol. The molecule has 3 aromatic rings. The van der Waals surface area contributed by atoms with Crippen molar-refractivity contribution in [3.63, 3.8) is 0 Å². The van der Waals surface area contributed by atoms with E-state index in [1.165, 1.54) is 18.7 Å². The van der Waals surface area contributed by atoms with Gasteiger partial charge in [0.2, 0.25) is 0 Å². The van der Waals surface area contributed by atoms with Crippen LogP contribution >= 0.6 is 0 Å². The number of aryl methyl sites for hydroxylation is 2. The molecule has 1 atom stereocenters. The van der Waals surface area contributed by atoms with Crippen LogP contribution in [0.3, 0.4) is 0 Å². The molecule has 3 rings (SSSR count). The van der Waals surface area contributed by atoms with Gasteiger partial charge < -0.3 is 15.0 Å². The van der Waals surface area contributed by atoms with Crippen molar-refractivity contribution in [3.05, 3.63) is 70.8 Å². The highest BCUT2D eigenvalue weighted by Gasteiger charge is 2.18. The summed E-state index contributed by atoms with van der Waals surface area (Å²) in [7, 11) is 3.34. The second-order valence-electron chi connectivity index (χ2n) is 7.62. The van der Waals surface area contributed by atoms with Gasteiger partial charge in [0.1, 0.15) is 6.54 Å². The molecule has 2 aromatic carbocycles. The average molecular weight is 412 g/mol. The Labute approximate surface area is 176 Å². The average Bonchev–Trinajstić information content (AvgIpc) is 2.97. The molecule has 158 valence electrons. The molecule has 1 unspecified atom stereocenters. The Morgan fingerprint density at radius 1 is 1.17 bits per heavy atom. The molecule has 0 bridgehead atoms. The zero-order valence-electron chi connectivity index (χ0n) is 18.0. The summed E-state index contributed by atoms with van der Waals surface area (Å²) < 4.78 is 20.7. The normalized spacial score (nSPS) is 11.9. The van der Waals surface area contributed by atoms with Gasteiger partial charge in [0.25, 0.3) is 5.91 Å². The summed E-state index contributed by atoms with van der Waals surface area (Å²) in [4.78, 5) is 13.6. The van der Waals surface area contributed by atoms with Crippen molar-refractivity contribution in [3.8, 4) is 11.4 Å². The van der Waals surface area contributed by atoms with Crippen LogP contribution in [0.1, 0.15) is 22.5 Å². The van der Waals surface area contributed by atoms with Crippen molar-refractivity contribution in [2.45, 2.75) is 27.3 Å². The van der Waals surface area contributed by atoms with Gasteiger partial charge in [-0.05, 0) is 51.1 Å². The number of rotatable bonds is 7. The summed E-state index contributed by atoms with van der Waals surface area (Å²) in [6, 6.07) is 12.9. The first-order valence-electron chi connectivity index (χ1n) is 9.85. The summed E-state index contributed by atoms with van der Waals surface area (Å²) >= 11 is 0. The Hall–Kier alpha value is -3.19. The van der Waals surface area contributed by atoms with E-state index in [9.17, 15) is 9.18 Å². The summed E-state index contributed by atoms with van der Waals surface area (Å²) in [5.74, 6) is -0.302. The molecule has 1 heterocycles. The quantitative estimate of drug-likeness (QED) is 0.628. The third kappa shape index (κ3) is 4.86. The minimum Gasteiger partial charge on any atom is -0.494 e. The lowest BCUT2D eigenvalue weighted by atomic mass is 10.2. The molecule has 6 nitrogen and oxygen atoms in total. The summed E-state index contributed by atoms with van der Waals surface area (Å²) in [5, 5.41) is 7.57. The number of hydrogen-bond donors (Lipinski definition) is 2. The summed E-state index contributed by atoms with van der Waals surface area (Å²) in [6.45, 7) is 6.63. The predicted molar refractivity (Wildman–Crippen MR) is 115 cm³/mol. The molecule has 30 heavy (non-hydrogen) atoms. The highest BCUT2D eigenvalue weighted by Crippen LogP contribution is 2.23. The first kappa shape index (κ1) is 21.5. The van der Waals surface area contributed by atoms with Gasteiger partial charge in [-0.2, -0.15) is 5.10 Å². The van der Waals surface area contributed by atoms with Crippen molar-refractivity contribution in [1.82, 2.24) is 9.78 Å². The van der Waals surface area contributed by atoms with Crippen molar-refractivity contribution in [1.29, 1.82) is 0 Å². The topological polar surface area (TPSA) is 60.6 Å². The van der Waals surface area contributed by atoms with Crippen LogP contribution in [0.2, 0.25) is 0 Å². The largest absolute Gasteiger partial charge is 0.494 e. The first-order valence-corrected chi connectivity index (χ1v) is 9.85. The van der Waals surface area contributed by atoms with Crippen LogP contribution in [0.4, 0.5) is 10.1 Å². The lowest BCUT2D eigenvalue weighted by Gasteiger charge is -2.14. The van der Waals surface area contributed by atoms with Gasteiger partial charge in [0, 0.05) is 5.56 Å². The number of carbonyl (C=O) groups excluding carboxylic acids is 1. The molecular weight excluding hydrogens is 383 g/mol. The smallest absolute Gasteiger partial charge is 0.279 e. The van der Waals surface area contributed by atoms with E-state index < -0.39 is 5.82 Å². The van der Waals surface area contributed by atoms with Gasteiger partial charge >= 0.3 is 0 Å². The number of amides is 1. The number of hydrogen-bond acceptors (Lipinski definition) is 3. The van der Waals surface area contributed by atoms with E-state index in [0.29, 0.717) is 6.54 Å². The number of ether oxygens (including phenoxy) is 1. The predicted octanol–water partition coefficient (Wildman–Crippen LogP) is 2.60. The number of benzene rings is 2. The van der Waals surface area contributed by atoms with Gasteiger partial charge in [-0.15, -0.1) is 0 Å². The number of carbonyl (C=O) groups is 1. The first-order chi connectivity index (χ1) is 14.3. The van der Waals surface area contributed by atoms with E-state index in [-0.39, 0.29) is 18.2 Å². The van der Waals surface area contributed by atoms with Crippen LogP contribution < -0.4 is 15.0 Å². The molecule has 0 radical (unpaired) electrons. The highest BCUT2D eigenvalue weighted by molar-refractivity contribution is 5.92. The number of likely N-dealkylation sites (N-methyl/N-ethyl adjacent to an activating group) is 1. The lowest BCUT2D eigenvalue weighted by Crippen LogP contribution is -3.08. The van der Waals surface area contributed by atoms with E-state index in [1.54, 1.807) is 6.07 Å². The number of halogens is 1. The molecule has 0 fully saturated rings. The Morgan fingerprint density at radius 2 is 1.87 bits per heavy atom. The fraction of sp³-hybridized carbons (Fsp3) is 0.304. The fourth-order valence-corrected chi connectivity index (χ4v) is 3.45. The van der Waals surface area contributed by atoms with Gasteiger partial charge in [0.05, 0.1) is 36.9 Å². The molecule has 0 saturated carbocycles. The molecular formula is C23H28FN4O2+. The van der Waals surface area contributed by atoms with E-state index >= 15 is 0 Å². The van der Waals surface area contributed by atoms with Crippen molar-refractivity contribution < 1.29 is 18.8 Å². The van der Waals surface area contributed by atoms with E-state index in [4.69, 9.17) is 4.74 Å². The van der Waals surface area contributed by atoms with Crippen LogP contribution in [-0.2, 0) is 11.3 Å². The summed E-state index contributed by atoms with van der Waals surface area (Å²) in [6.07, 6.45) is 0. The zero-order chi connectivity index (χ0) is 21.8. The van der Waals surface area contributed by atoms with Crippen LogP contribution in [0.25, 0.3) is 5.69 Å². The number of nitrogens with zero attached hydrogens (tertiary/aromatic N) is 2. The Kier molecular flexibility index (Phi) is 6.52. The second-order valence-corrected chi connectivity index (χ2v) is 7.62. The molecule has 0 aliphatic rings. The Balaban J connectivity index is 1.66. The third-order valence-corrected chi connectivity index (χ3v) is 5.02. The number of quaternary nitrogens is 1. The second kappa shape index (κ2) is 9.09. The number of nitrogens with one attached hydrogen (secondary N) is 2. The molecule has 7 heteroatoms. The van der Waals surface area contributed by atoms with Gasteiger partial charge in [-0.25, -0.2) is 9.07 Å². The minimum atomic E-state index is -0.401. The molecule has 0 saturated heterocycles. The SMILES string of the molecule is COc1ccc(C[NH+](C)CC(=O)Nc2c(C)nn(-c3ccc(C)cc3)c2C)cc1F. The number of aromatic nitrogens is 2. The molecule has 2 N–H and O–H groups in total. The van der Waals surface area contributed by atoms with Crippen molar-refractivity contribution in [2.75, 3.05) is 26.0 Å². The molecule has 0 aliphatic heterocycles. The molecule has 1 amide bonds. The van der Waals surface area contributed by atoms with E-state index in [2.05, 4.69) is 10.4 Å². The summed E-state index contributed by atoms with van der Waals surface area (Å²) in [5.41, 5.74) is 5.29. The van der Waals surface area contributed by atoms with Gasteiger partial charge in [0.15, 0.2) is 18.1 Å². The maximum atomic E-state index is 13.9. The standard InChI is InChI=1S/C23H27FN4O2/c1-15-6-9-19(10-7-15)28-17(3)23(16(2)26-28)25-22(29)14-27(4)13-18-8-11-21(30-5)20(24)12-18/h6-12H,13-14H2,1-5H3,(H,25,29)/p+1. The van der Waals surface area contributed by atoms with E-state index in [1.807, 2.05) is 62.8 Å². The number of methoxy groups -OCH3 is 1. The zero-order valence-corrected chi connectivity index (χ0v) is 18.0. The van der Waals surface area contributed by atoms with Gasteiger partial charge in [-0.1, -0.05) is 17.7 Å². The highest BCUT2D eigenvalue weighted by atomic mass is 19.1. The van der Waals surface area contributed by atoms with Gasteiger partial charge in [-0.3, -0.25) is 4.79 Å². The van der Waals surface area contributed by atoms with Crippen LogP contribution in [-0.4, -0.2) is 36.4 Å². The Morgan fingerprint density at radius 3 is 2.50 bits per heavy atom. The molecule has 0 aliphatic carbocycles.